The molecule has 0 N–H and O–H groups in total. The van der Waals surface area contributed by atoms with E-state index in [0.29, 0.717) is 43.4 Å². The maximum absolute atomic E-state index is 13.5. The number of para-hydroxylation sites is 1. The van der Waals surface area contributed by atoms with Crippen LogP contribution in [0.2, 0.25) is 0 Å². The van der Waals surface area contributed by atoms with Crippen molar-refractivity contribution in [2.24, 2.45) is 0 Å². The van der Waals surface area contributed by atoms with Gasteiger partial charge in [-0.2, -0.15) is 0 Å². The maximum atomic E-state index is 13.5. The molecule has 5 rings (SSSR count). The molecule has 0 saturated carbocycles. The van der Waals surface area contributed by atoms with Gasteiger partial charge >= 0.3 is 0 Å². The van der Waals surface area contributed by atoms with Crippen LogP contribution in [0.15, 0.2) is 72.1 Å². The summed E-state index contributed by atoms with van der Waals surface area (Å²) < 4.78 is 24.4. The summed E-state index contributed by atoms with van der Waals surface area (Å²) in [6, 6.07) is 20.9. The van der Waals surface area contributed by atoms with Gasteiger partial charge in [0.05, 0.1) is 20.8 Å². The number of carbonyl (C=O) groups is 1. The van der Waals surface area contributed by atoms with Crippen molar-refractivity contribution in [2.45, 2.75) is 26.4 Å². The number of benzene rings is 3. The van der Waals surface area contributed by atoms with Crippen molar-refractivity contribution in [3.05, 3.63) is 105 Å². The summed E-state index contributed by atoms with van der Waals surface area (Å²) in [7, 11) is 3.26. The fraction of sp³-hybridized carbons (Fsp3) is 0.333. The first kappa shape index (κ1) is 29.5. The predicted octanol–water partition coefficient (Wildman–Crippen LogP) is 5.82. The number of anilines is 1. The summed E-state index contributed by atoms with van der Waals surface area (Å²) in [4.78, 5) is 24.6. The number of aromatic nitrogens is 1. The number of ether oxygens (including phenoxy) is 2. The van der Waals surface area contributed by atoms with E-state index >= 15 is 0 Å². The first-order valence-corrected chi connectivity index (χ1v) is 15.0. The monoisotopic (exact) mass is 588 g/mol. The van der Waals surface area contributed by atoms with Crippen molar-refractivity contribution in [3.63, 3.8) is 0 Å². The molecule has 1 aliphatic rings. The average Bonchev–Trinajstić information content (AvgIpc) is 3.49. The molecule has 2 heterocycles. The van der Waals surface area contributed by atoms with E-state index in [1.54, 1.807) is 14.2 Å². The van der Waals surface area contributed by atoms with Crippen LogP contribution in [-0.4, -0.2) is 67.6 Å². The molecule has 0 bridgehead atoms. The second-order valence-corrected chi connectivity index (χ2v) is 11.4. The van der Waals surface area contributed by atoms with Crippen LogP contribution in [0.5, 0.6) is 11.5 Å². The number of hydrogen-bond acceptors (Lipinski definition) is 7. The summed E-state index contributed by atoms with van der Waals surface area (Å²) >= 11 is 1.51. The third kappa shape index (κ3) is 7.27. The maximum Gasteiger partial charge on any atom is 0.273 e. The minimum Gasteiger partial charge on any atom is -0.493 e. The lowest BCUT2D eigenvalue weighted by molar-refractivity contribution is 0.0741. The number of methoxy groups -OCH3 is 2. The van der Waals surface area contributed by atoms with Gasteiger partial charge in [0, 0.05) is 50.3 Å². The standard InChI is InChI=1S/C33H37FN4O3S/c1-24-6-4-5-7-29(24)37-16-18-38(19-17-37)33(39)28-23-42-32(35-28)22-36(21-26-8-11-27(34)12-9-26)15-14-25-10-13-30(40-2)31(20-25)41-3/h4-13,20,23H,14-19,21-22H2,1-3H3. The highest BCUT2D eigenvalue weighted by molar-refractivity contribution is 7.09. The molecule has 0 aliphatic carbocycles. The molecule has 0 radical (unpaired) electrons. The van der Waals surface area contributed by atoms with E-state index in [2.05, 4.69) is 41.0 Å². The summed E-state index contributed by atoms with van der Waals surface area (Å²) in [5, 5.41) is 2.75. The Balaban J connectivity index is 1.23. The number of carbonyl (C=O) groups excluding carboxylic acids is 1. The van der Waals surface area contributed by atoms with E-state index in [9.17, 15) is 9.18 Å². The molecule has 7 nitrogen and oxygen atoms in total. The smallest absolute Gasteiger partial charge is 0.273 e. The molecule has 0 atom stereocenters. The number of hydrogen-bond donors (Lipinski definition) is 0. The molecule has 0 spiro atoms. The first-order chi connectivity index (χ1) is 20.4. The topological polar surface area (TPSA) is 58.1 Å². The normalized spacial score (nSPS) is 13.5. The van der Waals surface area contributed by atoms with Crippen LogP contribution in [0.1, 0.15) is 32.2 Å². The Morgan fingerprint density at radius 1 is 0.929 bits per heavy atom. The summed E-state index contributed by atoms with van der Waals surface area (Å²) in [6.07, 6.45) is 0.782. The van der Waals surface area contributed by atoms with Crippen LogP contribution in [0.25, 0.3) is 0 Å². The first-order valence-electron chi connectivity index (χ1n) is 14.2. The summed E-state index contributed by atoms with van der Waals surface area (Å²) in [5.74, 6) is 1.12. The van der Waals surface area contributed by atoms with E-state index in [1.807, 2.05) is 40.6 Å². The van der Waals surface area contributed by atoms with Crippen molar-refractivity contribution in [1.29, 1.82) is 0 Å². The van der Waals surface area contributed by atoms with Gasteiger partial charge in [-0.3, -0.25) is 9.69 Å². The van der Waals surface area contributed by atoms with Gasteiger partial charge in [-0.05, 0) is 60.4 Å². The molecule has 9 heteroatoms. The average molecular weight is 589 g/mol. The summed E-state index contributed by atoms with van der Waals surface area (Å²) in [6.45, 7) is 7.03. The van der Waals surface area contributed by atoms with Crippen LogP contribution in [0, 0.1) is 12.7 Å². The summed E-state index contributed by atoms with van der Waals surface area (Å²) in [5.41, 5.74) is 5.12. The van der Waals surface area contributed by atoms with E-state index < -0.39 is 0 Å². The van der Waals surface area contributed by atoms with Gasteiger partial charge in [0.1, 0.15) is 16.5 Å². The van der Waals surface area contributed by atoms with Crippen LogP contribution in [-0.2, 0) is 19.5 Å². The minimum atomic E-state index is -0.251. The zero-order valence-corrected chi connectivity index (χ0v) is 25.2. The minimum absolute atomic E-state index is 0.0163. The Morgan fingerprint density at radius 2 is 1.64 bits per heavy atom. The highest BCUT2D eigenvalue weighted by Crippen LogP contribution is 2.28. The molecule has 4 aromatic rings. The van der Waals surface area contributed by atoms with Gasteiger partial charge < -0.3 is 19.3 Å². The van der Waals surface area contributed by atoms with Crippen LogP contribution in [0.4, 0.5) is 10.1 Å². The number of rotatable bonds is 11. The lowest BCUT2D eigenvalue weighted by Crippen LogP contribution is -2.49. The van der Waals surface area contributed by atoms with Crippen molar-refractivity contribution in [2.75, 3.05) is 51.8 Å². The number of nitrogens with zero attached hydrogens (tertiary/aromatic N) is 4. The van der Waals surface area contributed by atoms with Crippen LogP contribution >= 0.6 is 11.3 Å². The zero-order chi connectivity index (χ0) is 29.5. The molecule has 220 valence electrons. The number of amides is 1. The van der Waals surface area contributed by atoms with Crippen molar-refractivity contribution in [1.82, 2.24) is 14.8 Å². The number of thiazole rings is 1. The second kappa shape index (κ2) is 13.8. The Bertz CT molecular complexity index is 1480. The van der Waals surface area contributed by atoms with Gasteiger partial charge in [-0.15, -0.1) is 11.3 Å². The van der Waals surface area contributed by atoms with Crippen LogP contribution in [0.3, 0.4) is 0 Å². The van der Waals surface area contributed by atoms with E-state index in [4.69, 9.17) is 14.5 Å². The fourth-order valence-corrected chi connectivity index (χ4v) is 6.10. The highest BCUT2D eigenvalue weighted by atomic mass is 32.1. The molecule has 3 aromatic carbocycles. The second-order valence-electron chi connectivity index (χ2n) is 10.5. The third-order valence-electron chi connectivity index (χ3n) is 7.64. The SMILES string of the molecule is COc1ccc(CCN(Cc2ccc(F)cc2)Cc2nc(C(=O)N3CCN(c4ccccc4C)CC3)cs2)cc1OC. The fourth-order valence-electron chi connectivity index (χ4n) is 5.29. The van der Waals surface area contributed by atoms with Crippen molar-refractivity contribution < 1.29 is 18.7 Å². The Labute approximate surface area is 251 Å². The Kier molecular flexibility index (Phi) is 9.71. The highest BCUT2D eigenvalue weighted by Gasteiger charge is 2.25. The Morgan fingerprint density at radius 3 is 2.36 bits per heavy atom. The van der Waals surface area contributed by atoms with Crippen molar-refractivity contribution >= 4 is 22.9 Å². The zero-order valence-electron chi connectivity index (χ0n) is 24.4. The van der Waals surface area contributed by atoms with Gasteiger partial charge in [0.15, 0.2) is 11.5 Å². The van der Waals surface area contributed by atoms with Gasteiger partial charge in [-0.25, -0.2) is 9.37 Å². The third-order valence-corrected chi connectivity index (χ3v) is 8.47. The number of aryl methyl sites for hydroxylation is 1. The molecule has 1 aliphatic heterocycles. The van der Waals surface area contributed by atoms with Gasteiger partial charge in [0.2, 0.25) is 0 Å². The molecule has 42 heavy (non-hydrogen) atoms. The van der Waals surface area contributed by atoms with Crippen LogP contribution < -0.4 is 14.4 Å². The van der Waals surface area contributed by atoms with E-state index in [-0.39, 0.29) is 11.7 Å². The lowest BCUT2D eigenvalue weighted by atomic mass is 10.1. The lowest BCUT2D eigenvalue weighted by Gasteiger charge is -2.36. The molecule has 1 amide bonds. The quantitative estimate of drug-likeness (QED) is 0.220. The molecular weight excluding hydrogens is 551 g/mol. The van der Waals surface area contributed by atoms with E-state index in [1.165, 1.54) is 34.7 Å². The largest absolute Gasteiger partial charge is 0.493 e. The molecule has 1 fully saturated rings. The van der Waals surface area contributed by atoms with Crippen molar-refractivity contribution in [3.8, 4) is 11.5 Å². The predicted molar refractivity (Wildman–Crippen MR) is 165 cm³/mol. The number of piperazine rings is 1. The molecule has 0 unspecified atom stereocenters. The van der Waals surface area contributed by atoms with Gasteiger partial charge in [0.25, 0.3) is 5.91 Å². The number of halogens is 1. The van der Waals surface area contributed by atoms with E-state index in [0.717, 1.165) is 42.2 Å². The molecular formula is C33H37FN4O3S. The molecule has 1 aromatic heterocycles. The van der Waals surface area contributed by atoms with Gasteiger partial charge in [-0.1, -0.05) is 36.4 Å². The molecule has 1 saturated heterocycles. The Hall–Kier alpha value is -3.95.